The highest BCUT2D eigenvalue weighted by atomic mass is 79.9. The van der Waals surface area contributed by atoms with E-state index in [2.05, 4.69) is 15.9 Å². The maximum atomic E-state index is 13.1. The molecule has 1 aliphatic heterocycles. The molecular formula is C29H21BrClNO4S. The van der Waals surface area contributed by atoms with E-state index in [0.29, 0.717) is 27.8 Å². The van der Waals surface area contributed by atoms with E-state index in [0.717, 1.165) is 38.3 Å². The molecule has 0 spiro atoms. The van der Waals surface area contributed by atoms with Crippen LogP contribution in [0.2, 0.25) is 5.02 Å². The monoisotopic (exact) mass is 593 g/mol. The second-order valence-electron chi connectivity index (χ2n) is 8.26. The standard InChI is InChI=1S/C29H21BrClNO4S/c30-22-10-13-25(36-18-19-8-11-23(31)12-9-19)21(16-22)17-27-28(33)32(29(34)37-27)14-15-35-26-7-3-5-20-4-1-2-6-24(20)26/h1-13,16-17H,14-15,18H2/b27-17-. The number of benzene rings is 4. The van der Waals surface area contributed by atoms with Crippen molar-refractivity contribution < 1.29 is 19.1 Å². The largest absolute Gasteiger partial charge is 0.491 e. The summed E-state index contributed by atoms with van der Waals surface area (Å²) in [7, 11) is 0. The molecule has 0 saturated carbocycles. The van der Waals surface area contributed by atoms with Crippen LogP contribution in [0, 0.1) is 0 Å². The van der Waals surface area contributed by atoms with Gasteiger partial charge in [-0.25, -0.2) is 0 Å². The Morgan fingerprint density at radius 2 is 1.68 bits per heavy atom. The van der Waals surface area contributed by atoms with E-state index in [9.17, 15) is 9.59 Å². The number of hydrogen-bond donors (Lipinski definition) is 0. The molecule has 2 amide bonds. The molecule has 37 heavy (non-hydrogen) atoms. The van der Waals surface area contributed by atoms with Crippen molar-refractivity contribution in [1.29, 1.82) is 0 Å². The maximum absolute atomic E-state index is 13.1. The molecule has 4 aromatic carbocycles. The summed E-state index contributed by atoms with van der Waals surface area (Å²) >= 11 is 10.4. The lowest BCUT2D eigenvalue weighted by Crippen LogP contribution is -2.32. The number of halogens is 2. The zero-order chi connectivity index (χ0) is 25.8. The fourth-order valence-corrected chi connectivity index (χ4v) is 5.27. The molecule has 1 saturated heterocycles. The molecule has 4 aromatic rings. The third kappa shape index (κ3) is 6.01. The van der Waals surface area contributed by atoms with Crippen molar-refractivity contribution in [2.45, 2.75) is 6.61 Å². The predicted octanol–water partition coefficient (Wildman–Crippen LogP) is 7.95. The summed E-state index contributed by atoms with van der Waals surface area (Å²) in [4.78, 5) is 27.3. The normalized spacial score (nSPS) is 14.5. The lowest BCUT2D eigenvalue weighted by Gasteiger charge is -2.14. The molecule has 0 bridgehead atoms. The summed E-state index contributed by atoms with van der Waals surface area (Å²) in [5.74, 6) is 0.974. The van der Waals surface area contributed by atoms with Gasteiger partial charge >= 0.3 is 0 Å². The summed E-state index contributed by atoms with van der Waals surface area (Å²) < 4.78 is 12.8. The molecule has 1 fully saturated rings. The average molecular weight is 595 g/mol. The first-order valence-electron chi connectivity index (χ1n) is 11.5. The number of ether oxygens (including phenoxy) is 2. The van der Waals surface area contributed by atoms with Gasteiger partial charge in [0.15, 0.2) is 0 Å². The SMILES string of the molecule is O=C1S/C(=C\c2cc(Br)ccc2OCc2ccc(Cl)cc2)C(=O)N1CCOc1cccc2ccccc12. The minimum absolute atomic E-state index is 0.156. The number of carbonyl (C=O) groups excluding carboxylic acids is 2. The lowest BCUT2D eigenvalue weighted by molar-refractivity contribution is -0.123. The second kappa shape index (κ2) is 11.4. The fraction of sp³-hybridized carbons (Fsp3) is 0.103. The lowest BCUT2D eigenvalue weighted by atomic mass is 10.1. The fourth-order valence-electron chi connectivity index (χ4n) is 3.91. The van der Waals surface area contributed by atoms with Crippen molar-refractivity contribution in [3.63, 3.8) is 0 Å². The molecule has 0 unspecified atom stereocenters. The molecule has 186 valence electrons. The van der Waals surface area contributed by atoms with Crippen LogP contribution in [0.3, 0.4) is 0 Å². The second-order valence-corrected chi connectivity index (χ2v) is 10.6. The number of hydrogen-bond acceptors (Lipinski definition) is 5. The molecule has 0 atom stereocenters. The molecule has 5 rings (SSSR count). The van der Waals surface area contributed by atoms with E-state index in [4.69, 9.17) is 21.1 Å². The van der Waals surface area contributed by atoms with Crippen molar-refractivity contribution in [2.75, 3.05) is 13.2 Å². The Hall–Kier alpha value is -3.26. The summed E-state index contributed by atoms with van der Waals surface area (Å²) in [5.41, 5.74) is 1.66. The molecule has 1 heterocycles. The van der Waals surface area contributed by atoms with E-state index in [1.807, 2.05) is 84.9 Å². The summed E-state index contributed by atoms with van der Waals surface area (Å²) in [6.45, 7) is 0.696. The zero-order valence-electron chi connectivity index (χ0n) is 19.5. The molecule has 0 radical (unpaired) electrons. The minimum atomic E-state index is -0.347. The highest BCUT2D eigenvalue weighted by molar-refractivity contribution is 9.10. The summed E-state index contributed by atoms with van der Waals surface area (Å²) in [6, 6.07) is 26.7. The highest BCUT2D eigenvalue weighted by Crippen LogP contribution is 2.35. The Morgan fingerprint density at radius 1 is 0.892 bits per heavy atom. The van der Waals surface area contributed by atoms with Gasteiger partial charge in [0, 0.05) is 20.4 Å². The maximum Gasteiger partial charge on any atom is 0.293 e. The van der Waals surface area contributed by atoms with Crippen molar-refractivity contribution >= 4 is 67.3 Å². The van der Waals surface area contributed by atoms with E-state index in [1.165, 1.54) is 4.90 Å². The van der Waals surface area contributed by atoms with Gasteiger partial charge in [0.1, 0.15) is 24.7 Å². The van der Waals surface area contributed by atoms with Gasteiger partial charge in [-0.15, -0.1) is 0 Å². The van der Waals surface area contributed by atoms with Gasteiger partial charge in [-0.3, -0.25) is 14.5 Å². The summed E-state index contributed by atoms with van der Waals surface area (Å²) in [5, 5.41) is 2.39. The van der Waals surface area contributed by atoms with Crippen LogP contribution in [0.25, 0.3) is 16.8 Å². The molecule has 1 aliphatic rings. The van der Waals surface area contributed by atoms with Crippen molar-refractivity contribution in [3.05, 3.63) is 110 Å². The van der Waals surface area contributed by atoms with Crippen LogP contribution in [-0.4, -0.2) is 29.2 Å². The Morgan fingerprint density at radius 3 is 2.51 bits per heavy atom. The molecule has 8 heteroatoms. The van der Waals surface area contributed by atoms with Crippen LogP contribution in [0.1, 0.15) is 11.1 Å². The molecular weight excluding hydrogens is 574 g/mol. The average Bonchev–Trinajstić information content (AvgIpc) is 3.16. The van der Waals surface area contributed by atoms with Crippen LogP contribution >= 0.6 is 39.3 Å². The Balaban J connectivity index is 1.27. The van der Waals surface area contributed by atoms with Gasteiger partial charge in [0.25, 0.3) is 11.1 Å². The molecule has 5 nitrogen and oxygen atoms in total. The van der Waals surface area contributed by atoms with Crippen molar-refractivity contribution in [2.24, 2.45) is 0 Å². The van der Waals surface area contributed by atoms with E-state index in [1.54, 1.807) is 6.08 Å². The Kier molecular flexibility index (Phi) is 7.84. The molecule has 0 aromatic heterocycles. The third-order valence-electron chi connectivity index (χ3n) is 5.76. The number of imide groups is 1. The number of nitrogens with zero attached hydrogens (tertiary/aromatic N) is 1. The van der Waals surface area contributed by atoms with E-state index in [-0.39, 0.29) is 24.3 Å². The Bertz CT molecular complexity index is 1500. The van der Waals surface area contributed by atoms with Gasteiger partial charge in [-0.2, -0.15) is 0 Å². The highest BCUT2D eigenvalue weighted by Gasteiger charge is 2.35. The zero-order valence-corrected chi connectivity index (χ0v) is 22.7. The first-order valence-corrected chi connectivity index (χ1v) is 13.5. The first-order chi connectivity index (χ1) is 18.0. The summed E-state index contributed by atoms with van der Waals surface area (Å²) in [6.07, 6.45) is 1.69. The van der Waals surface area contributed by atoms with Crippen molar-refractivity contribution in [1.82, 2.24) is 4.90 Å². The van der Waals surface area contributed by atoms with Gasteiger partial charge in [-0.05, 0) is 65.2 Å². The quantitative estimate of drug-likeness (QED) is 0.194. The van der Waals surface area contributed by atoms with Crippen LogP contribution < -0.4 is 9.47 Å². The van der Waals surface area contributed by atoms with Crippen LogP contribution in [0.15, 0.2) is 94.3 Å². The third-order valence-corrected chi connectivity index (χ3v) is 7.41. The van der Waals surface area contributed by atoms with E-state index >= 15 is 0 Å². The number of fused-ring (bicyclic) bond motifs is 1. The van der Waals surface area contributed by atoms with Gasteiger partial charge in [0.2, 0.25) is 0 Å². The van der Waals surface area contributed by atoms with Crippen LogP contribution in [0.4, 0.5) is 4.79 Å². The number of carbonyl (C=O) groups is 2. The van der Waals surface area contributed by atoms with Crippen LogP contribution in [0.5, 0.6) is 11.5 Å². The van der Waals surface area contributed by atoms with Gasteiger partial charge < -0.3 is 9.47 Å². The van der Waals surface area contributed by atoms with E-state index < -0.39 is 0 Å². The Labute approximate surface area is 232 Å². The topological polar surface area (TPSA) is 55.8 Å². The van der Waals surface area contributed by atoms with Crippen molar-refractivity contribution in [3.8, 4) is 11.5 Å². The van der Waals surface area contributed by atoms with Crippen LogP contribution in [-0.2, 0) is 11.4 Å². The minimum Gasteiger partial charge on any atom is -0.491 e. The molecule has 0 N–H and O–H groups in total. The smallest absolute Gasteiger partial charge is 0.293 e. The number of amides is 2. The van der Waals surface area contributed by atoms with Gasteiger partial charge in [-0.1, -0.05) is 76.1 Å². The number of thioether (sulfide) groups is 1. The first kappa shape index (κ1) is 25.4. The number of rotatable bonds is 8. The predicted molar refractivity (Wildman–Crippen MR) is 152 cm³/mol. The van der Waals surface area contributed by atoms with Gasteiger partial charge in [0.05, 0.1) is 11.4 Å². The molecule has 0 aliphatic carbocycles.